The van der Waals surface area contributed by atoms with Crippen LogP contribution in [-0.4, -0.2) is 75.9 Å². The lowest BCUT2D eigenvalue weighted by Crippen LogP contribution is -2.53. The van der Waals surface area contributed by atoms with Crippen molar-refractivity contribution in [1.82, 2.24) is 24.6 Å². The van der Waals surface area contributed by atoms with Gasteiger partial charge in [0, 0.05) is 56.7 Å². The summed E-state index contributed by atoms with van der Waals surface area (Å²) in [6.45, 7) is 5.22. The van der Waals surface area contributed by atoms with Crippen LogP contribution in [0.4, 0.5) is 0 Å². The van der Waals surface area contributed by atoms with Crippen molar-refractivity contribution < 1.29 is 9.53 Å². The Balaban J connectivity index is 1.35. The summed E-state index contributed by atoms with van der Waals surface area (Å²) in [7, 11) is 0. The van der Waals surface area contributed by atoms with Gasteiger partial charge in [0.2, 0.25) is 0 Å². The Hall–Kier alpha value is -2.25. The average Bonchev–Trinajstić information content (AvgIpc) is 3.23. The third-order valence-electron chi connectivity index (χ3n) is 5.14. The summed E-state index contributed by atoms with van der Waals surface area (Å²) >= 11 is 0. The lowest BCUT2D eigenvalue weighted by molar-refractivity contribution is 0.0137. The Bertz CT molecular complexity index is 687. The molecule has 0 spiro atoms. The van der Waals surface area contributed by atoms with E-state index in [0.29, 0.717) is 6.04 Å². The van der Waals surface area contributed by atoms with E-state index in [1.807, 2.05) is 33.7 Å². The first-order valence-corrected chi connectivity index (χ1v) is 8.87. The van der Waals surface area contributed by atoms with Gasteiger partial charge in [-0.2, -0.15) is 0 Å². The van der Waals surface area contributed by atoms with Gasteiger partial charge in [0.1, 0.15) is 12.7 Å². The number of benzene rings is 1. The van der Waals surface area contributed by atoms with Crippen LogP contribution in [0.3, 0.4) is 0 Å². The van der Waals surface area contributed by atoms with Crippen molar-refractivity contribution >= 4 is 5.91 Å². The molecule has 1 aromatic carbocycles. The van der Waals surface area contributed by atoms with Crippen molar-refractivity contribution in [3.63, 3.8) is 0 Å². The zero-order valence-corrected chi connectivity index (χ0v) is 14.3. The third-order valence-corrected chi connectivity index (χ3v) is 5.14. The summed E-state index contributed by atoms with van der Waals surface area (Å²) in [5, 5.41) is 7.60. The maximum atomic E-state index is 12.7. The molecule has 2 fully saturated rings. The number of piperazine rings is 1. The minimum absolute atomic E-state index is 0.113. The largest absolute Gasteiger partial charge is 0.381 e. The summed E-state index contributed by atoms with van der Waals surface area (Å²) in [4.78, 5) is 17.2. The van der Waals surface area contributed by atoms with Gasteiger partial charge in [0.15, 0.2) is 0 Å². The van der Waals surface area contributed by atoms with E-state index < -0.39 is 0 Å². The van der Waals surface area contributed by atoms with Crippen molar-refractivity contribution in [3.8, 4) is 5.69 Å². The molecule has 0 radical (unpaired) electrons. The number of rotatable bonds is 3. The maximum absolute atomic E-state index is 12.7. The lowest BCUT2D eigenvalue weighted by Gasteiger charge is -2.40. The Labute approximate surface area is 147 Å². The zero-order chi connectivity index (χ0) is 17.1. The van der Waals surface area contributed by atoms with Crippen molar-refractivity contribution in [2.75, 3.05) is 39.4 Å². The third kappa shape index (κ3) is 3.57. The summed E-state index contributed by atoms with van der Waals surface area (Å²) in [6.07, 6.45) is 5.51. The first-order valence-electron chi connectivity index (χ1n) is 8.87. The van der Waals surface area contributed by atoms with Gasteiger partial charge in [-0.1, -0.05) is 0 Å². The molecule has 0 bridgehead atoms. The predicted octanol–water partition coefficient (Wildman–Crippen LogP) is 1.20. The fraction of sp³-hybridized carbons (Fsp3) is 0.500. The fourth-order valence-electron chi connectivity index (χ4n) is 3.63. The second kappa shape index (κ2) is 7.33. The Morgan fingerprint density at radius 3 is 2.24 bits per heavy atom. The average molecular weight is 341 g/mol. The number of ether oxygens (including phenoxy) is 1. The second-order valence-electron chi connectivity index (χ2n) is 6.59. The molecule has 2 aliphatic heterocycles. The first kappa shape index (κ1) is 16.2. The van der Waals surface area contributed by atoms with Gasteiger partial charge in [-0.15, -0.1) is 10.2 Å². The molecule has 7 heteroatoms. The van der Waals surface area contributed by atoms with Crippen LogP contribution in [0.2, 0.25) is 0 Å². The lowest BCUT2D eigenvalue weighted by atomic mass is 10.1. The van der Waals surface area contributed by atoms with Gasteiger partial charge in [0.05, 0.1) is 0 Å². The van der Waals surface area contributed by atoms with Gasteiger partial charge in [0.25, 0.3) is 5.91 Å². The molecule has 2 aliphatic rings. The maximum Gasteiger partial charge on any atom is 0.253 e. The molecule has 4 rings (SSSR count). The van der Waals surface area contributed by atoms with Gasteiger partial charge in [-0.3, -0.25) is 14.3 Å². The molecule has 0 aliphatic carbocycles. The van der Waals surface area contributed by atoms with Crippen LogP contribution in [0, 0.1) is 0 Å². The Morgan fingerprint density at radius 1 is 0.960 bits per heavy atom. The quantitative estimate of drug-likeness (QED) is 0.839. The van der Waals surface area contributed by atoms with Crippen molar-refractivity contribution in [1.29, 1.82) is 0 Å². The van der Waals surface area contributed by atoms with E-state index in [9.17, 15) is 4.79 Å². The smallest absolute Gasteiger partial charge is 0.253 e. The van der Waals surface area contributed by atoms with Crippen LogP contribution in [0.1, 0.15) is 23.2 Å². The van der Waals surface area contributed by atoms with Crippen LogP contribution >= 0.6 is 0 Å². The topological polar surface area (TPSA) is 63.5 Å². The molecule has 25 heavy (non-hydrogen) atoms. The van der Waals surface area contributed by atoms with E-state index in [4.69, 9.17) is 4.74 Å². The Kier molecular flexibility index (Phi) is 4.76. The Morgan fingerprint density at radius 2 is 1.60 bits per heavy atom. The highest BCUT2D eigenvalue weighted by Crippen LogP contribution is 2.18. The molecular formula is C18H23N5O2. The molecule has 132 valence electrons. The molecule has 7 nitrogen and oxygen atoms in total. The van der Waals surface area contributed by atoms with E-state index in [1.54, 1.807) is 12.7 Å². The molecule has 1 aromatic heterocycles. The van der Waals surface area contributed by atoms with Crippen LogP contribution < -0.4 is 0 Å². The molecule has 1 amide bonds. The number of nitrogens with zero attached hydrogens (tertiary/aromatic N) is 5. The minimum Gasteiger partial charge on any atom is -0.381 e. The van der Waals surface area contributed by atoms with Crippen molar-refractivity contribution in [2.45, 2.75) is 18.9 Å². The summed E-state index contributed by atoms with van der Waals surface area (Å²) in [6, 6.07) is 8.23. The number of carbonyl (C=O) groups is 1. The normalized spacial score (nSPS) is 19.9. The number of aromatic nitrogens is 3. The highest BCUT2D eigenvalue weighted by Gasteiger charge is 2.27. The number of carbonyl (C=O) groups excluding carboxylic acids is 1. The summed E-state index contributed by atoms with van der Waals surface area (Å²) in [5.41, 5.74) is 1.68. The van der Waals surface area contributed by atoms with E-state index in [2.05, 4.69) is 15.1 Å². The predicted molar refractivity (Wildman–Crippen MR) is 92.7 cm³/mol. The van der Waals surface area contributed by atoms with E-state index >= 15 is 0 Å². The molecule has 0 saturated carbocycles. The van der Waals surface area contributed by atoms with Crippen LogP contribution in [0.15, 0.2) is 36.9 Å². The van der Waals surface area contributed by atoms with Crippen LogP contribution in [0.5, 0.6) is 0 Å². The molecule has 0 N–H and O–H groups in total. The van der Waals surface area contributed by atoms with Gasteiger partial charge < -0.3 is 9.64 Å². The standard InChI is InChI=1S/C18H23N5O2/c24-18(15-1-3-16(4-2-15)23-13-19-20-14-23)22-9-7-21(8-10-22)17-5-11-25-12-6-17/h1-4,13-14,17H,5-12H2. The minimum atomic E-state index is 0.113. The van der Waals surface area contributed by atoms with Gasteiger partial charge in [-0.05, 0) is 37.1 Å². The van der Waals surface area contributed by atoms with Crippen molar-refractivity contribution in [3.05, 3.63) is 42.5 Å². The van der Waals surface area contributed by atoms with E-state index in [0.717, 1.165) is 63.5 Å². The first-order chi connectivity index (χ1) is 12.3. The second-order valence-corrected chi connectivity index (χ2v) is 6.59. The van der Waals surface area contributed by atoms with Crippen LogP contribution in [-0.2, 0) is 4.74 Å². The van der Waals surface area contributed by atoms with Crippen LogP contribution in [0.25, 0.3) is 5.69 Å². The van der Waals surface area contributed by atoms with Gasteiger partial charge >= 0.3 is 0 Å². The molecule has 0 atom stereocenters. The molecule has 2 aromatic rings. The molecule has 3 heterocycles. The fourth-order valence-corrected chi connectivity index (χ4v) is 3.63. The van der Waals surface area contributed by atoms with Crippen molar-refractivity contribution in [2.24, 2.45) is 0 Å². The molecular weight excluding hydrogens is 318 g/mol. The zero-order valence-electron chi connectivity index (χ0n) is 14.3. The molecule has 0 unspecified atom stereocenters. The molecule has 2 saturated heterocycles. The monoisotopic (exact) mass is 341 g/mol. The summed E-state index contributed by atoms with van der Waals surface area (Å²) < 4.78 is 7.26. The highest BCUT2D eigenvalue weighted by atomic mass is 16.5. The highest BCUT2D eigenvalue weighted by molar-refractivity contribution is 5.94. The summed E-state index contributed by atoms with van der Waals surface area (Å²) in [5.74, 6) is 0.113. The van der Waals surface area contributed by atoms with E-state index in [1.165, 1.54) is 0 Å². The SMILES string of the molecule is O=C(c1ccc(-n2cnnc2)cc1)N1CCN(C2CCOCC2)CC1. The number of hydrogen-bond donors (Lipinski definition) is 0. The number of hydrogen-bond acceptors (Lipinski definition) is 5. The van der Waals surface area contributed by atoms with E-state index in [-0.39, 0.29) is 5.91 Å². The van der Waals surface area contributed by atoms with Gasteiger partial charge in [-0.25, -0.2) is 0 Å². The number of amides is 1.